The Hall–Kier alpha value is -1.55. The molecule has 1 heterocycles. The number of rotatable bonds is 5. The number of carbonyl (C=O) groups is 1. The van der Waals surface area contributed by atoms with E-state index in [1.165, 1.54) is 0 Å². The molecule has 0 aromatic heterocycles. The van der Waals surface area contributed by atoms with Gasteiger partial charge in [-0.3, -0.25) is 4.79 Å². The van der Waals surface area contributed by atoms with Crippen LogP contribution in [0.3, 0.4) is 0 Å². The van der Waals surface area contributed by atoms with Gasteiger partial charge in [0.1, 0.15) is 5.75 Å². The summed E-state index contributed by atoms with van der Waals surface area (Å²) < 4.78 is 5.29. The van der Waals surface area contributed by atoms with Crippen molar-refractivity contribution < 1.29 is 9.53 Å². The Morgan fingerprint density at radius 3 is 2.89 bits per heavy atom. The molecule has 0 aliphatic carbocycles. The summed E-state index contributed by atoms with van der Waals surface area (Å²) in [6.45, 7) is 4.78. The van der Waals surface area contributed by atoms with Crippen LogP contribution in [0.15, 0.2) is 24.3 Å². The number of carbonyl (C=O) groups excluding carboxylic acids is 1. The number of methoxy groups -OCH3 is 1. The second-order valence-corrected chi connectivity index (χ2v) is 4.85. The van der Waals surface area contributed by atoms with Crippen molar-refractivity contribution in [2.75, 3.05) is 26.7 Å². The number of ether oxygens (including phenoxy) is 1. The van der Waals surface area contributed by atoms with Gasteiger partial charge in [-0.05, 0) is 31.5 Å². The molecule has 19 heavy (non-hydrogen) atoms. The second kappa shape index (κ2) is 6.57. The maximum atomic E-state index is 12.7. The van der Waals surface area contributed by atoms with Gasteiger partial charge >= 0.3 is 0 Å². The van der Waals surface area contributed by atoms with E-state index in [-0.39, 0.29) is 5.91 Å². The van der Waals surface area contributed by atoms with Gasteiger partial charge in [0.25, 0.3) is 5.91 Å². The van der Waals surface area contributed by atoms with Crippen LogP contribution in [-0.4, -0.2) is 43.6 Å². The molecule has 1 aromatic rings. The van der Waals surface area contributed by atoms with E-state index >= 15 is 0 Å². The van der Waals surface area contributed by atoms with Crippen LogP contribution in [0.25, 0.3) is 0 Å². The first-order valence-electron chi connectivity index (χ1n) is 6.92. The first kappa shape index (κ1) is 13.9. The minimum absolute atomic E-state index is 0.0769. The van der Waals surface area contributed by atoms with Crippen LogP contribution < -0.4 is 10.1 Å². The molecule has 1 amide bonds. The average molecular weight is 262 g/mol. The molecular weight excluding hydrogens is 240 g/mol. The third-order valence-corrected chi connectivity index (χ3v) is 3.54. The standard InChI is InChI=1S/C15H22N2O2/c1-3-10-17(12-8-9-16-11-12)15(18)13-6-4-5-7-14(13)19-2/h4-7,12,16H,3,8-11H2,1-2H3. The van der Waals surface area contributed by atoms with Gasteiger partial charge in [-0.15, -0.1) is 0 Å². The van der Waals surface area contributed by atoms with E-state index in [4.69, 9.17) is 4.74 Å². The predicted octanol–water partition coefficient (Wildman–Crippen LogP) is 1.91. The molecule has 1 saturated heterocycles. The largest absolute Gasteiger partial charge is 0.496 e. The third-order valence-electron chi connectivity index (χ3n) is 3.54. The minimum Gasteiger partial charge on any atom is -0.496 e. The highest BCUT2D eigenvalue weighted by molar-refractivity contribution is 5.97. The Morgan fingerprint density at radius 1 is 1.47 bits per heavy atom. The van der Waals surface area contributed by atoms with Crippen LogP contribution in [0, 0.1) is 0 Å². The number of benzene rings is 1. The summed E-state index contributed by atoms with van der Waals surface area (Å²) >= 11 is 0. The molecular formula is C15H22N2O2. The molecule has 4 heteroatoms. The van der Waals surface area contributed by atoms with Crippen LogP contribution >= 0.6 is 0 Å². The van der Waals surface area contributed by atoms with Crippen molar-refractivity contribution in [2.24, 2.45) is 0 Å². The minimum atomic E-state index is 0.0769. The van der Waals surface area contributed by atoms with E-state index in [9.17, 15) is 4.79 Å². The zero-order chi connectivity index (χ0) is 13.7. The highest BCUT2D eigenvalue weighted by Gasteiger charge is 2.27. The molecule has 1 aliphatic heterocycles. The van der Waals surface area contributed by atoms with Gasteiger partial charge in [-0.1, -0.05) is 19.1 Å². The Kier molecular flexibility index (Phi) is 4.80. The summed E-state index contributed by atoms with van der Waals surface area (Å²) in [7, 11) is 1.60. The highest BCUT2D eigenvalue weighted by atomic mass is 16.5. The summed E-state index contributed by atoms with van der Waals surface area (Å²) in [6, 6.07) is 7.75. The normalized spacial score (nSPS) is 18.3. The Morgan fingerprint density at radius 2 is 2.26 bits per heavy atom. The monoisotopic (exact) mass is 262 g/mol. The summed E-state index contributed by atoms with van der Waals surface area (Å²) in [6.07, 6.45) is 2.00. The summed E-state index contributed by atoms with van der Waals surface area (Å²) in [4.78, 5) is 14.7. The number of para-hydroxylation sites is 1. The first-order valence-corrected chi connectivity index (χ1v) is 6.92. The molecule has 1 aromatic carbocycles. The first-order chi connectivity index (χ1) is 9.27. The lowest BCUT2D eigenvalue weighted by Gasteiger charge is -2.28. The van der Waals surface area contributed by atoms with Crippen molar-refractivity contribution in [3.63, 3.8) is 0 Å². The molecule has 1 N–H and O–H groups in total. The lowest BCUT2D eigenvalue weighted by atomic mass is 10.1. The van der Waals surface area contributed by atoms with Crippen LogP contribution in [0.5, 0.6) is 5.75 Å². The molecule has 1 atom stereocenters. The van der Waals surface area contributed by atoms with Crippen molar-refractivity contribution >= 4 is 5.91 Å². The molecule has 2 rings (SSSR count). The summed E-state index contributed by atoms with van der Waals surface area (Å²) in [5, 5.41) is 3.32. The van der Waals surface area contributed by atoms with Crippen molar-refractivity contribution in [3.05, 3.63) is 29.8 Å². The average Bonchev–Trinajstić information content (AvgIpc) is 2.98. The molecule has 1 aliphatic rings. The number of hydrogen-bond acceptors (Lipinski definition) is 3. The topological polar surface area (TPSA) is 41.6 Å². The molecule has 4 nitrogen and oxygen atoms in total. The number of amides is 1. The van der Waals surface area contributed by atoms with Gasteiger partial charge in [0.15, 0.2) is 0 Å². The molecule has 0 radical (unpaired) electrons. The van der Waals surface area contributed by atoms with Gasteiger partial charge in [-0.25, -0.2) is 0 Å². The summed E-state index contributed by atoms with van der Waals surface area (Å²) in [5.41, 5.74) is 0.658. The molecule has 0 saturated carbocycles. The van der Waals surface area contributed by atoms with Gasteiger partial charge in [0, 0.05) is 19.1 Å². The van der Waals surface area contributed by atoms with Gasteiger partial charge in [0.2, 0.25) is 0 Å². The fraction of sp³-hybridized carbons (Fsp3) is 0.533. The Balaban J connectivity index is 2.22. The van der Waals surface area contributed by atoms with Crippen LogP contribution in [0.2, 0.25) is 0 Å². The SMILES string of the molecule is CCCN(C(=O)c1ccccc1OC)C1CCNC1. The number of nitrogens with one attached hydrogen (secondary N) is 1. The van der Waals surface area contributed by atoms with Gasteiger partial charge < -0.3 is 15.0 Å². The quantitative estimate of drug-likeness (QED) is 0.881. The Bertz CT molecular complexity index is 428. The van der Waals surface area contributed by atoms with Crippen molar-refractivity contribution in [3.8, 4) is 5.75 Å². The fourth-order valence-electron chi connectivity index (χ4n) is 2.57. The molecule has 0 bridgehead atoms. The van der Waals surface area contributed by atoms with E-state index in [1.807, 2.05) is 29.2 Å². The summed E-state index contributed by atoms with van der Waals surface area (Å²) in [5.74, 6) is 0.729. The van der Waals surface area contributed by atoms with E-state index < -0.39 is 0 Å². The number of hydrogen-bond donors (Lipinski definition) is 1. The van der Waals surface area contributed by atoms with E-state index in [1.54, 1.807) is 7.11 Å². The molecule has 0 spiro atoms. The van der Waals surface area contributed by atoms with E-state index in [2.05, 4.69) is 12.2 Å². The lowest BCUT2D eigenvalue weighted by molar-refractivity contribution is 0.0689. The zero-order valence-electron chi connectivity index (χ0n) is 11.7. The third kappa shape index (κ3) is 3.07. The van der Waals surface area contributed by atoms with Gasteiger partial charge in [0.05, 0.1) is 12.7 Å². The van der Waals surface area contributed by atoms with E-state index in [0.717, 1.165) is 32.5 Å². The fourth-order valence-corrected chi connectivity index (χ4v) is 2.57. The maximum Gasteiger partial charge on any atom is 0.257 e. The molecule has 1 fully saturated rings. The smallest absolute Gasteiger partial charge is 0.257 e. The second-order valence-electron chi connectivity index (χ2n) is 4.85. The van der Waals surface area contributed by atoms with Crippen molar-refractivity contribution in [1.82, 2.24) is 10.2 Å². The van der Waals surface area contributed by atoms with Crippen LogP contribution in [0.4, 0.5) is 0 Å². The van der Waals surface area contributed by atoms with Gasteiger partial charge in [-0.2, -0.15) is 0 Å². The molecule has 1 unspecified atom stereocenters. The lowest BCUT2D eigenvalue weighted by Crippen LogP contribution is -2.42. The molecule has 104 valence electrons. The highest BCUT2D eigenvalue weighted by Crippen LogP contribution is 2.22. The van der Waals surface area contributed by atoms with Crippen LogP contribution in [0.1, 0.15) is 30.1 Å². The zero-order valence-corrected chi connectivity index (χ0v) is 11.7. The van der Waals surface area contributed by atoms with Crippen molar-refractivity contribution in [2.45, 2.75) is 25.8 Å². The van der Waals surface area contributed by atoms with E-state index in [0.29, 0.717) is 17.4 Å². The Labute approximate surface area is 114 Å². The van der Waals surface area contributed by atoms with Crippen molar-refractivity contribution in [1.29, 1.82) is 0 Å². The van der Waals surface area contributed by atoms with Crippen LogP contribution in [-0.2, 0) is 0 Å². The maximum absolute atomic E-state index is 12.7. The predicted molar refractivity (Wildman–Crippen MR) is 75.6 cm³/mol. The number of nitrogens with zero attached hydrogens (tertiary/aromatic N) is 1.